The Bertz CT molecular complexity index is 2980. The van der Waals surface area contributed by atoms with Crippen LogP contribution in [0.1, 0.15) is 51.3 Å². The average molecular weight is 801 g/mol. The van der Waals surface area contributed by atoms with Gasteiger partial charge in [-0.1, -0.05) is 105 Å². The van der Waals surface area contributed by atoms with E-state index in [1.165, 1.54) is 16.5 Å². The molecular formula is C54H52N6O. The number of fused-ring (bicyclic) bond motifs is 3. The fraction of sp³-hybridized carbons (Fsp3) is 0.185. The summed E-state index contributed by atoms with van der Waals surface area (Å²) in [5.41, 5.74) is 10.8. The van der Waals surface area contributed by atoms with Crippen LogP contribution in [0.2, 0.25) is 0 Å². The molecule has 3 heterocycles. The van der Waals surface area contributed by atoms with Gasteiger partial charge in [-0.15, -0.1) is 5.10 Å². The first-order chi connectivity index (χ1) is 29.6. The molecule has 0 saturated carbocycles. The maximum absolute atomic E-state index is 6.88. The van der Waals surface area contributed by atoms with Crippen molar-refractivity contribution in [1.82, 2.24) is 19.3 Å². The topological polar surface area (TPSA) is 51.4 Å². The average Bonchev–Trinajstić information content (AvgIpc) is 3.81. The third kappa shape index (κ3) is 7.52. The summed E-state index contributed by atoms with van der Waals surface area (Å²) in [5.74, 6) is 4.21. The highest BCUT2D eigenvalue weighted by Crippen LogP contribution is 2.46. The van der Waals surface area contributed by atoms with E-state index in [2.05, 4.69) is 225 Å². The van der Waals surface area contributed by atoms with Crippen LogP contribution in [0.4, 0.5) is 23.0 Å². The Hall–Kier alpha value is -7.12. The van der Waals surface area contributed by atoms with Crippen molar-refractivity contribution >= 4 is 44.8 Å². The smallest absolute Gasteiger partial charge is 0.165 e. The highest BCUT2D eigenvalue weighted by Gasteiger charge is 2.29. The van der Waals surface area contributed by atoms with Gasteiger partial charge < -0.3 is 14.5 Å². The molecule has 6 aromatic carbocycles. The summed E-state index contributed by atoms with van der Waals surface area (Å²) < 4.78 is 11.2. The van der Waals surface area contributed by atoms with Gasteiger partial charge in [0.05, 0.1) is 22.3 Å². The second-order valence-corrected chi connectivity index (χ2v) is 16.8. The van der Waals surface area contributed by atoms with Gasteiger partial charge >= 0.3 is 0 Å². The van der Waals surface area contributed by atoms with Crippen LogP contribution in [-0.2, 0) is 5.41 Å². The van der Waals surface area contributed by atoms with Crippen molar-refractivity contribution in [1.29, 1.82) is 0 Å². The Labute approximate surface area is 359 Å². The van der Waals surface area contributed by atoms with Gasteiger partial charge in [0.15, 0.2) is 5.82 Å². The Morgan fingerprint density at radius 3 is 1.93 bits per heavy atom. The molecule has 9 aromatic rings. The van der Waals surface area contributed by atoms with Gasteiger partial charge in [0.1, 0.15) is 23.1 Å². The maximum Gasteiger partial charge on any atom is 0.165 e. The second-order valence-electron chi connectivity index (χ2n) is 16.8. The SMILES string of the molecule is CCN(c1ccccc1)c1nn(-c2cc(C)cc(Oc3ccc4c5ccccc5n(-c5cc(C(C)(C)C)ccn5)c4c3)c2)c(N(CC)c2ccccc2)c1-c1ccc(C)cc1. The van der Waals surface area contributed by atoms with E-state index in [-0.39, 0.29) is 5.41 Å². The lowest BCUT2D eigenvalue weighted by atomic mass is 9.88. The quantitative estimate of drug-likeness (QED) is 0.130. The number of benzene rings is 6. The number of rotatable bonds is 11. The van der Waals surface area contributed by atoms with Crippen LogP contribution in [0.3, 0.4) is 0 Å². The van der Waals surface area contributed by atoms with Crippen LogP contribution in [0.5, 0.6) is 11.5 Å². The number of anilines is 4. The summed E-state index contributed by atoms with van der Waals surface area (Å²) >= 11 is 0. The fourth-order valence-electron chi connectivity index (χ4n) is 8.43. The van der Waals surface area contributed by atoms with E-state index < -0.39 is 0 Å². The minimum Gasteiger partial charge on any atom is -0.457 e. The van der Waals surface area contributed by atoms with Gasteiger partial charge in [-0.2, -0.15) is 0 Å². The number of hydrogen-bond donors (Lipinski definition) is 0. The number of para-hydroxylation sites is 3. The molecule has 304 valence electrons. The van der Waals surface area contributed by atoms with Crippen LogP contribution in [0.25, 0.3) is 44.4 Å². The van der Waals surface area contributed by atoms with Gasteiger partial charge in [-0.05, 0) is 117 Å². The van der Waals surface area contributed by atoms with E-state index in [4.69, 9.17) is 14.8 Å². The van der Waals surface area contributed by atoms with Crippen molar-refractivity contribution in [3.8, 4) is 34.1 Å². The lowest BCUT2D eigenvalue weighted by Crippen LogP contribution is -2.20. The predicted octanol–water partition coefficient (Wildman–Crippen LogP) is 14.1. The van der Waals surface area contributed by atoms with Crippen molar-refractivity contribution < 1.29 is 4.74 Å². The number of nitrogens with zero attached hydrogens (tertiary/aromatic N) is 6. The molecule has 0 fully saturated rings. The molecule has 7 heteroatoms. The zero-order chi connectivity index (χ0) is 42.3. The zero-order valence-corrected chi connectivity index (χ0v) is 36.1. The third-order valence-electron chi connectivity index (χ3n) is 11.5. The van der Waals surface area contributed by atoms with Crippen LogP contribution < -0.4 is 14.5 Å². The minimum atomic E-state index is -0.0185. The molecular weight excluding hydrogens is 749 g/mol. The number of ether oxygens (including phenoxy) is 1. The van der Waals surface area contributed by atoms with Crippen molar-refractivity contribution in [2.75, 3.05) is 22.9 Å². The fourth-order valence-corrected chi connectivity index (χ4v) is 8.43. The largest absolute Gasteiger partial charge is 0.457 e. The molecule has 7 nitrogen and oxygen atoms in total. The van der Waals surface area contributed by atoms with Gasteiger partial charge in [-0.3, -0.25) is 4.57 Å². The molecule has 0 aliphatic heterocycles. The molecule has 61 heavy (non-hydrogen) atoms. The van der Waals surface area contributed by atoms with Crippen molar-refractivity contribution in [3.63, 3.8) is 0 Å². The predicted molar refractivity (Wildman–Crippen MR) is 254 cm³/mol. The maximum atomic E-state index is 6.88. The van der Waals surface area contributed by atoms with E-state index in [0.717, 1.165) is 92.2 Å². The van der Waals surface area contributed by atoms with E-state index in [0.29, 0.717) is 0 Å². The number of aryl methyl sites for hydroxylation is 2. The highest BCUT2D eigenvalue weighted by atomic mass is 16.5. The van der Waals surface area contributed by atoms with Crippen LogP contribution in [0, 0.1) is 13.8 Å². The van der Waals surface area contributed by atoms with E-state index in [1.807, 2.05) is 6.20 Å². The number of pyridine rings is 1. The van der Waals surface area contributed by atoms with Gasteiger partial charge in [0, 0.05) is 53.6 Å². The summed E-state index contributed by atoms with van der Waals surface area (Å²) in [7, 11) is 0. The summed E-state index contributed by atoms with van der Waals surface area (Å²) in [6.07, 6.45) is 1.92. The third-order valence-corrected chi connectivity index (χ3v) is 11.5. The first-order valence-electron chi connectivity index (χ1n) is 21.3. The Morgan fingerprint density at radius 2 is 1.25 bits per heavy atom. The number of hydrogen-bond acceptors (Lipinski definition) is 5. The van der Waals surface area contributed by atoms with Crippen molar-refractivity contribution in [3.05, 3.63) is 181 Å². The molecule has 0 atom stereocenters. The molecule has 0 amide bonds. The molecule has 0 saturated heterocycles. The monoisotopic (exact) mass is 800 g/mol. The van der Waals surface area contributed by atoms with E-state index in [1.54, 1.807) is 0 Å². The minimum absolute atomic E-state index is 0.0185. The van der Waals surface area contributed by atoms with E-state index in [9.17, 15) is 0 Å². The summed E-state index contributed by atoms with van der Waals surface area (Å²) in [5, 5.41) is 7.90. The van der Waals surface area contributed by atoms with Crippen LogP contribution in [-0.4, -0.2) is 32.4 Å². The summed E-state index contributed by atoms with van der Waals surface area (Å²) in [6.45, 7) is 16.8. The molecule has 0 spiro atoms. The first kappa shape index (κ1) is 39.3. The molecule has 0 unspecified atom stereocenters. The van der Waals surface area contributed by atoms with Gasteiger partial charge in [-0.25, -0.2) is 9.67 Å². The van der Waals surface area contributed by atoms with E-state index >= 15 is 0 Å². The lowest BCUT2D eigenvalue weighted by Gasteiger charge is -2.27. The molecule has 0 aliphatic rings. The van der Waals surface area contributed by atoms with Gasteiger partial charge in [0.2, 0.25) is 0 Å². The molecule has 0 radical (unpaired) electrons. The van der Waals surface area contributed by atoms with Crippen molar-refractivity contribution in [2.45, 2.75) is 53.9 Å². The molecule has 0 N–H and O–H groups in total. The first-order valence-corrected chi connectivity index (χ1v) is 21.3. The Balaban J connectivity index is 1.22. The summed E-state index contributed by atoms with van der Waals surface area (Å²) in [6, 6.07) is 55.6. The number of aromatic nitrogens is 4. The standard InChI is InChI=1S/C54H52N6O/c1-8-57(41-18-12-10-13-19-41)52-51(39-26-24-37(3)25-27-39)53(58(9-2)42-20-14-11-15-21-42)60(56-52)43-32-38(4)33-45(35-43)61-44-28-29-47-46-22-16-17-23-48(46)59(49(47)36-44)50-34-40(30-31-55-50)54(5,6)7/h10-36H,8-9H2,1-7H3. The van der Waals surface area contributed by atoms with Crippen LogP contribution in [0.15, 0.2) is 164 Å². The molecule has 0 bridgehead atoms. The Morgan fingerprint density at radius 1 is 0.590 bits per heavy atom. The zero-order valence-electron chi connectivity index (χ0n) is 36.1. The summed E-state index contributed by atoms with van der Waals surface area (Å²) in [4.78, 5) is 9.57. The lowest BCUT2D eigenvalue weighted by molar-refractivity contribution is 0.482. The molecule has 0 aliphatic carbocycles. The van der Waals surface area contributed by atoms with Gasteiger partial charge in [0.25, 0.3) is 0 Å². The van der Waals surface area contributed by atoms with Crippen molar-refractivity contribution in [2.24, 2.45) is 0 Å². The van der Waals surface area contributed by atoms with Crippen LogP contribution >= 0.6 is 0 Å². The second kappa shape index (κ2) is 16.1. The Kier molecular flexibility index (Phi) is 10.4. The molecule has 3 aromatic heterocycles. The normalized spacial score (nSPS) is 11.7. The highest BCUT2D eigenvalue weighted by molar-refractivity contribution is 6.09. The molecule has 9 rings (SSSR count).